The maximum absolute atomic E-state index is 10.4. The summed E-state index contributed by atoms with van der Waals surface area (Å²) in [6.07, 6.45) is 0.0429. The Kier molecular flexibility index (Phi) is 5.01. The van der Waals surface area contributed by atoms with E-state index < -0.39 is 6.23 Å². The fraction of sp³-hybridized carbons (Fsp3) is 0.240. The Morgan fingerprint density at radius 3 is 2.47 bits per heavy atom. The van der Waals surface area contributed by atoms with Crippen molar-refractivity contribution in [2.45, 2.75) is 18.7 Å². The third kappa shape index (κ3) is 3.17. The number of methoxy groups -OCH3 is 3. The molecule has 164 valence electrons. The van der Waals surface area contributed by atoms with Gasteiger partial charge in [0.15, 0.2) is 11.5 Å². The SMILES string of the molecule is COc1ccc(OC)c([C@@H]2Oc3c(OC)cccc3[C@H]3CC(c4ccccc4O)=NN32)c1. The number of fused-ring (bicyclic) bond motifs is 3. The lowest BCUT2D eigenvalue weighted by molar-refractivity contribution is -0.0223. The van der Waals surface area contributed by atoms with Gasteiger partial charge in [-0.15, -0.1) is 0 Å². The average Bonchev–Trinajstić information content (AvgIpc) is 3.28. The molecule has 0 saturated heterocycles. The maximum atomic E-state index is 10.4. The highest BCUT2D eigenvalue weighted by Crippen LogP contribution is 2.52. The summed E-state index contributed by atoms with van der Waals surface area (Å²) >= 11 is 0. The number of para-hydroxylation sites is 2. The minimum atomic E-state index is -0.572. The van der Waals surface area contributed by atoms with Gasteiger partial charge in [0.1, 0.15) is 17.2 Å². The monoisotopic (exact) mass is 432 g/mol. The summed E-state index contributed by atoms with van der Waals surface area (Å²) in [6, 6.07) is 18.6. The molecule has 0 bridgehead atoms. The first-order valence-corrected chi connectivity index (χ1v) is 10.3. The molecule has 5 rings (SSSR count). The predicted molar refractivity (Wildman–Crippen MR) is 120 cm³/mol. The van der Waals surface area contributed by atoms with Crippen molar-refractivity contribution in [1.29, 1.82) is 0 Å². The van der Waals surface area contributed by atoms with Gasteiger partial charge in [-0.05, 0) is 36.4 Å². The number of nitrogens with zero attached hydrogens (tertiary/aromatic N) is 2. The van der Waals surface area contributed by atoms with E-state index in [0.29, 0.717) is 35.0 Å². The molecule has 7 nitrogen and oxygen atoms in total. The number of phenolic OH excluding ortho intramolecular Hbond substituents is 1. The molecule has 0 unspecified atom stereocenters. The van der Waals surface area contributed by atoms with Crippen molar-refractivity contribution < 1.29 is 24.1 Å². The van der Waals surface area contributed by atoms with Crippen LogP contribution in [0.3, 0.4) is 0 Å². The minimum Gasteiger partial charge on any atom is -0.507 e. The fourth-order valence-corrected chi connectivity index (χ4v) is 4.36. The topological polar surface area (TPSA) is 72.8 Å². The van der Waals surface area contributed by atoms with Crippen LogP contribution in [0.2, 0.25) is 0 Å². The predicted octanol–water partition coefficient (Wildman–Crippen LogP) is 4.66. The highest BCUT2D eigenvalue weighted by molar-refractivity contribution is 6.04. The first kappa shape index (κ1) is 20.1. The maximum Gasteiger partial charge on any atom is 0.217 e. The fourth-order valence-electron chi connectivity index (χ4n) is 4.36. The summed E-state index contributed by atoms with van der Waals surface area (Å²) in [7, 11) is 4.88. The Bertz CT molecular complexity index is 1190. The molecule has 2 aliphatic heterocycles. The molecule has 32 heavy (non-hydrogen) atoms. The number of hydrogen-bond donors (Lipinski definition) is 1. The van der Waals surface area contributed by atoms with E-state index in [-0.39, 0.29) is 11.8 Å². The van der Waals surface area contributed by atoms with Gasteiger partial charge in [-0.25, -0.2) is 5.01 Å². The van der Waals surface area contributed by atoms with Gasteiger partial charge in [-0.2, -0.15) is 5.10 Å². The van der Waals surface area contributed by atoms with Crippen molar-refractivity contribution in [3.8, 4) is 28.7 Å². The molecular formula is C25H24N2O5. The van der Waals surface area contributed by atoms with E-state index in [1.165, 1.54) is 0 Å². The summed E-state index contributed by atoms with van der Waals surface area (Å²) in [5.41, 5.74) is 3.27. The van der Waals surface area contributed by atoms with Gasteiger partial charge in [0.25, 0.3) is 0 Å². The molecule has 0 aliphatic carbocycles. The highest BCUT2D eigenvalue weighted by atomic mass is 16.5. The van der Waals surface area contributed by atoms with E-state index in [2.05, 4.69) is 0 Å². The van der Waals surface area contributed by atoms with Gasteiger partial charge in [-0.1, -0.05) is 24.3 Å². The molecule has 0 aromatic heterocycles. The van der Waals surface area contributed by atoms with Crippen LogP contribution in [0.5, 0.6) is 28.7 Å². The molecule has 0 amide bonds. The molecular weight excluding hydrogens is 408 g/mol. The van der Waals surface area contributed by atoms with Crippen molar-refractivity contribution in [3.63, 3.8) is 0 Å². The molecule has 0 fully saturated rings. The van der Waals surface area contributed by atoms with E-state index >= 15 is 0 Å². The van der Waals surface area contributed by atoms with Crippen molar-refractivity contribution >= 4 is 5.71 Å². The van der Waals surface area contributed by atoms with Crippen molar-refractivity contribution in [3.05, 3.63) is 77.4 Å². The van der Waals surface area contributed by atoms with Crippen LogP contribution in [0.25, 0.3) is 0 Å². The molecule has 3 aromatic carbocycles. The third-order valence-electron chi connectivity index (χ3n) is 5.92. The van der Waals surface area contributed by atoms with Crippen LogP contribution in [0.15, 0.2) is 65.8 Å². The second-order valence-corrected chi connectivity index (χ2v) is 7.62. The number of hydrazone groups is 1. The van der Waals surface area contributed by atoms with Crippen molar-refractivity contribution in [2.75, 3.05) is 21.3 Å². The van der Waals surface area contributed by atoms with E-state index in [1.54, 1.807) is 33.5 Å². The van der Waals surface area contributed by atoms with Gasteiger partial charge in [0, 0.05) is 17.5 Å². The number of aromatic hydroxyl groups is 1. The van der Waals surface area contributed by atoms with E-state index in [4.69, 9.17) is 24.0 Å². The lowest BCUT2D eigenvalue weighted by Crippen LogP contribution is -2.34. The summed E-state index contributed by atoms with van der Waals surface area (Å²) in [5.74, 6) is 2.90. The molecule has 0 spiro atoms. The summed E-state index contributed by atoms with van der Waals surface area (Å²) in [5, 5.41) is 17.3. The van der Waals surface area contributed by atoms with Gasteiger partial charge in [0.2, 0.25) is 6.23 Å². The zero-order chi connectivity index (χ0) is 22.2. The number of ether oxygens (including phenoxy) is 4. The Morgan fingerprint density at radius 2 is 1.72 bits per heavy atom. The second kappa shape index (κ2) is 8.00. The van der Waals surface area contributed by atoms with Gasteiger partial charge in [-0.3, -0.25) is 0 Å². The third-order valence-corrected chi connectivity index (χ3v) is 5.92. The molecule has 1 N–H and O–H groups in total. The van der Waals surface area contributed by atoms with Gasteiger partial charge in [0.05, 0.1) is 38.6 Å². The van der Waals surface area contributed by atoms with E-state index in [0.717, 1.165) is 16.8 Å². The highest BCUT2D eigenvalue weighted by Gasteiger charge is 2.43. The molecule has 2 aliphatic rings. The average molecular weight is 432 g/mol. The summed E-state index contributed by atoms with van der Waals surface area (Å²) in [6.45, 7) is 0. The van der Waals surface area contributed by atoms with Crippen LogP contribution in [-0.2, 0) is 0 Å². The standard InChI is InChI=1S/C25H24N2O5/c1-29-15-11-12-22(30-2)18(13-15)25-27-20(17-8-6-10-23(31-3)24(17)32-25)14-19(26-27)16-7-4-5-9-21(16)28/h4-13,20,25,28H,14H2,1-3H3/t20-,25+/m1/s1. The molecule has 0 saturated carbocycles. The Morgan fingerprint density at radius 1 is 0.906 bits per heavy atom. The quantitative estimate of drug-likeness (QED) is 0.632. The van der Waals surface area contributed by atoms with Crippen LogP contribution in [0.1, 0.15) is 35.4 Å². The van der Waals surface area contributed by atoms with Crippen LogP contribution < -0.4 is 18.9 Å². The van der Waals surface area contributed by atoms with Crippen LogP contribution in [-0.4, -0.2) is 37.2 Å². The summed E-state index contributed by atoms with van der Waals surface area (Å²) in [4.78, 5) is 0. The largest absolute Gasteiger partial charge is 0.507 e. The zero-order valence-electron chi connectivity index (χ0n) is 18.1. The smallest absolute Gasteiger partial charge is 0.217 e. The number of phenols is 1. The number of rotatable bonds is 5. The Hall–Kier alpha value is -3.87. The Labute approximate surface area is 186 Å². The normalized spacial score (nSPS) is 18.8. The van der Waals surface area contributed by atoms with E-state index in [9.17, 15) is 5.11 Å². The van der Waals surface area contributed by atoms with E-state index in [1.807, 2.05) is 53.5 Å². The van der Waals surface area contributed by atoms with Crippen molar-refractivity contribution in [2.24, 2.45) is 5.10 Å². The summed E-state index contributed by atoms with van der Waals surface area (Å²) < 4.78 is 23.2. The van der Waals surface area contributed by atoms with Crippen LogP contribution in [0.4, 0.5) is 0 Å². The van der Waals surface area contributed by atoms with Gasteiger partial charge >= 0.3 is 0 Å². The molecule has 3 aromatic rings. The van der Waals surface area contributed by atoms with Crippen LogP contribution >= 0.6 is 0 Å². The first-order valence-electron chi connectivity index (χ1n) is 10.3. The van der Waals surface area contributed by atoms with Gasteiger partial charge < -0.3 is 24.1 Å². The lowest BCUT2D eigenvalue weighted by Gasteiger charge is -2.39. The molecule has 7 heteroatoms. The van der Waals surface area contributed by atoms with Crippen molar-refractivity contribution in [1.82, 2.24) is 5.01 Å². The second-order valence-electron chi connectivity index (χ2n) is 7.62. The number of hydrogen-bond acceptors (Lipinski definition) is 7. The first-order chi connectivity index (χ1) is 15.6. The lowest BCUT2D eigenvalue weighted by atomic mass is 9.95. The number of benzene rings is 3. The molecule has 2 atom stereocenters. The molecule has 2 heterocycles. The molecule has 0 radical (unpaired) electrons. The Balaban J connectivity index is 1.67. The minimum absolute atomic E-state index is 0.0932. The van der Waals surface area contributed by atoms with Crippen LogP contribution in [0, 0.1) is 0 Å². The zero-order valence-corrected chi connectivity index (χ0v) is 18.1.